The lowest BCUT2D eigenvalue weighted by Gasteiger charge is -2.27. The molecule has 1 aromatic carbocycles. The van der Waals surface area contributed by atoms with Gasteiger partial charge in [-0.05, 0) is 73.4 Å². The normalized spacial score (nSPS) is 20.8. The van der Waals surface area contributed by atoms with Gasteiger partial charge in [0.1, 0.15) is 23.4 Å². The number of halogens is 2. The number of fused-ring (bicyclic) bond motifs is 1. The van der Waals surface area contributed by atoms with E-state index in [1.165, 1.54) is 11.1 Å². The summed E-state index contributed by atoms with van der Waals surface area (Å²) in [6, 6.07) is 10.1. The standard InChI is InChI=1S/C25H20ClFN2O5/c26-20-13-16(27)8-9-18(20)25(31)34-14-22(30)29-24(21-7-3-11-33-21)19-6-1-4-15(23(19)28-29)12-17-5-2-10-32-17/h2-3,5,7-13,19,24H,1,4,6,14H2. The van der Waals surface area contributed by atoms with Crippen molar-refractivity contribution in [3.8, 4) is 0 Å². The second-order valence-electron chi connectivity index (χ2n) is 8.07. The van der Waals surface area contributed by atoms with E-state index in [0.717, 1.165) is 42.7 Å². The first kappa shape index (κ1) is 22.2. The maximum Gasteiger partial charge on any atom is 0.340 e. The number of hydrogen-bond donors (Lipinski definition) is 0. The molecule has 0 spiro atoms. The number of ether oxygens (including phenoxy) is 1. The second kappa shape index (κ2) is 9.30. The molecule has 174 valence electrons. The zero-order chi connectivity index (χ0) is 23.7. The number of benzene rings is 1. The summed E-state index contributed by atoms with van der Waals surface area (Å²) in [6.45, 7) is -0.551. The van der Waals surface area contributed by atoms with Crippen LogP contribution in [0, 0.1) is 11.7 Å². The Morgan fingerprint density at radius 3 is 2.76 bits per heavy atom. The SMILES string of the molecule is O=C(OCC(=O)N1N=C2C(=Cc3ccco3)CCCC2C1c1ccco1)c1ccc(F)cc1Cl. The van der Waals surface area contributed by atoms with Gasteiger partial charge in [-0.25, -0.2) is 14.2 Å². The fraction of sp³-hybridized carbons (Fsp3) is 0.240. The van der Waals surface area contributed by atoms with Crippen LogP contribution >= 0.6 is 11.6 Å². The minimum Gasteiger partial charge on any atom is -0.467 e. The molecule has 7 nitrogen and oxygen atoms in total. The van der Waals surface area contributed by atoms with Crippen molar-refractivity contribution in [2.75, 3.05) is 6.61 Å². The summed E-state index contributed by atoms with van der Waals surface area (Å²) in [5.74, 6) is -0.657. The molecule has 1 fully saturated rings. The van der Waals surface area contributed by atoms with Crippen LogP contribution in [0.5, 0.6) is 0 Å². The minimum atomic E-state index is -0.824. The Labute approximate surface area is 199 Å². The lowest BCUT2D eigenvalue weighted by atomic mass is 9.79. The van der Waals surface area contributed by atoms with E-state index in [9.17, 15) is 14.0 Å². The Hall–Kier alpha value is -3.65. The number of amides is 1. The lowest BCUT2D eigenvalue weighted by molar-refractivity contribution is -0.137. The van der Waals surface area contributed by atoms with Gasteiger partial charge in [-0.15, -0.1) is 0 Å². The molecule has 2 aromatic heterocycles. The molecule has 2 aliphatic rings. The van der Waals surface area contributed by atoms with Gasteiger partial charge < -0.3 is 13.6 Å². The van der Waals surface area contributed by atoms with E-state index in [1.54, 1.807) is 24.7 Å². The van der Waals surface area contributed by atoms with Gasteiger partial charge in [-0.3, -0.25) is 4.79 Å². The fourth-order valence-electron chi connectivity index (χ4n) is 4.42. The molecule has 1 amide bonds. The van der Waals surface area contributed by atoms with Crippen LogP contribution in [0.2, 0.25) is 5.02 Å². The summed E-state index contributed by atoms with van der Waals surface area (Å²) < 4.78 is 29.6. The van der Waals surface area contributed by atoms with Crippen LogP contribution in [0.1, 0.15) is 47.2 Å². The van der Waals surface area contributed by atoms with Gasteiger partial charge in [0, 0.05) is 5.92 Å². The third-order valence-corrected chi connectivity index (χ3v) is 6.24. The molecule has 2 atom stereocenters. The molecule has 0 radical (unpaired) electrons. The zero-order valence-corrected chi connectivity index (χ0v) is 18.7. The molecule has 3 heterocycles. The van der Waals surface area contributed by atoms with E-state index in [4.69, 9.17) is 25.2 Å². The number of furan rings is 2. The number of nitrogens with zero attached hydrogens (tertiary/aromatic N) is 2. The quantitative estimate of drug-likeness (QED) is 0.439. The summed E-state index contributed by atoms with van der Waals surface area (Å²) in [4.78, 5) is 25.6. The third kappa shape index (κ3) is 4.28. The number of esters is 1. The Kier molecular flexibility index (Phi) is 6.06. The molecule has 1 aliphatic carbocycles. The van der Waals surface area contributed by atoms with Crippen LogP contribution in [0.25, 0.3) is 6.08 Å². The van der Waals surface area contributed by atoms with Crippen molar-refractivity contribution in [3.05, 3.63) is 88.5 Å². The summed E-state index contributed by atoms with van der Waals surface area (Å²) >= 11 is 5.93. The summed E-state index contributed by atoms with van der Waals surface area (Å²) in [5.41, 5.74) is 1.77. The predicted octanol–water partition coefficient (Wildman–Crippen LogP) is 5.65. The second-order valence-corrected chi connectivity index (χ2v) is 8.48. The van der Waals surface area contributed by atoms with Gasteiger partial charge in [-0.1, -0.05) is 11.6 Å². The Morgan fingerprint density at radius 1 is 1.21 bits per heavy atom. The van der Waals surface area contributed by atoms with E-state index >= 15 is 0 Å². The molecule has 0 saturated heterocycles. The summed E-state index contributed by atoms with van der Waals surface area (Å²) in [7, 11) is 0. The number of rotatable bonds is 5. The van der Waals surface area contributed by atoms with Crippen molar-refractivity contribution in [2.24, 2.45) is 11.0 Å². The summed E-state index contributed by atoms with van der Waals surface area (Å²) in [6.07, 6.45) is 7.65. The van der Waals surface area contributed by atoms with Gasteiger partial charge in [0.25, 0.3) is 5.91 Å². The van der Waals surface area contributed by atoms with Crippen molar-refractivity contribution in [2.45, 2.75) is 25.3 Å². The first-order valence-electron chi connectivity index (χ1n) is 10.8. The molecular formula is C25H20ClFN2O5. The number of hydrazone groups is 1. The van der Waals surface area contributed by atoms with Crippen molar-refractivity contribution in [1.82, 2.24) is 5.01 Å². The highest BCUT2D eigenvalue weighted by molar-refractivity contribution is 6.33. The lowest BCUT2D eigenvalue weighted by Crippen LogP contribution is -2.34. The number of hydrogen-bond acceptors (Lipinski definition) is 6. The van der Waals surface area contributed by atoms with E-state index in [0.29, 0.717) is 11.5 Å². The Balaban J connectivity index is 1.39. The Morgan fingerprint density at radius 2 is 2.03 bits per heavy atom. The first-order chi connectivity index (χ1) is 16.5. The number of carbonyl (C=O) groups is 2. The molecule has 0 bridgehead atoms. The predicted molar refractivity (Wildman–Crippen MR) is 121 cm³/mol. The van der Waals surface area contributed by atoms with Crippen LogP contribution in [0.3, 0.4) is 0 Å². The third-order valence-electron chi connectivity index (χ3n) is 5.93. The van der Waals surface area contributed by atoms with Crippen molar-refractivity contribution in [3.63, 3.8) is 0 Å². The largest absolute Gasteiger partial charge is 0.467 e. The molecule has 1 saturated carbocycles. The van der Waals surface area contributed by atoms with Crippen LogP contribution in [-0.2, 0) is 9.53 Å². The average Bonchev–Trinajstić information content (AvgIpc) is 3.58. The zero-order valence-electron chi connectivity index (χ0n) is 17.9. The smallest absolute Gasteiger partial charge is 0.340 e. The Bertz CT molecular complexity index is 1270. The number of carbonyl (C=O) groups excluding carboxylic acids is 2. The first-order valence-corrected chi connectivity index (χ1v) is 11.2. The molecule has 34 heavy (non-hydrogen) atoms. The van der Waals surface area contributed by atoms with Crippen molar-refractivity contribution < 1.29 is 27.6 Å². The highest BCUT2D eigenvalue weighted by Gasteiger charge is 2.45. The molecule has 5 rings (SSSR count). The van der Waals surface area contributed by atoms with Gasteiger partial charge in [0.15, 0.2) is 6.61 Å². The van der Waals surface area contributed by atoms with Gasteiger partial charge in [-0.2, -0.15) is 5.10 Å². The molecule has 3 aromatic rings. The van der Waals surface area contributed by atoms with Crippen molar-refractivity contribution >= 4 is 35.3 Å². The maximum atomic E-state index is 13.3. The van der Waals surface area contributed by atoms with E-state index in [1.807, 2.05) is 18.2 Å². The van der Waals surface area contributed by atoms with Crippen LogP contribution in [-0.4, -0.2) is 29.2 Å². The van der Waals surface area contributed by atoms with E-state index in [-0.39, 0.29) is 16.5 Å². The fourth-order valence-corrected chi connectivity index (χ4v) is 4.66. The van der Waals surface area contributed by atoms with Gasteiger partial charge in [0.2, 0.25) is 0 Å². The van der Waals surface area contributed by atoms with Gasteiger partial charge in [0.05, 0.1) is 28.8 Å². The topological polar surface area (TPSA) is 85.3 Å². The maximum absolute atomic E-state index is 13.3. The van der Waals surface area contributed by atoms with E-state index in [2.05, 4.69) is 5.10 Å². The van der Waals surface area contributed by atoms with Crippen LogP contribution < -0.4 is 0 Å². The molecule has 0 N–H and O–H groups in total. The van der Waals surface area contributed by atoms with Crippen molar-refractivity contribution in [1.29, 1.82) is 0 Å². The van der Waals surface area contributed by atoms with Gasteiger partial charge >= 0.3 is 5.97 Å². The highest BCUT2D eigenvalue weighted by atomic mass is 35.5. The highest BCUT2D eigenvalue weighted by Crippen LogP contribution is 2.44. The van der Waals surface area contributed by atoms with E-state index < -0.39 is 30.3 Å². The molecule has 1 aliphatic heterocycles. The monoisotopic (exact) mass is 482 g/mol. The minimum absolute atomic E-state index is 0.0245. The number of allylic oxidation sites excluding steroid dienone is 1. The summed E-state index contributed by atoms with van der Waals surface area (Å²) in [5, 5.41) is 5.89. The molecule has 2 unspecified atom stereocenters. The van der Waals surface area contributed by atoms with Crippen LogP contribution in [0.4, 0.5) is 4.39 Å². The molecule has 9 heteroatoms. The molecular weight excluding hydrogens is 463 g/mol. The van der Waals surface area contributed by atoms with Crippen LogP contribution in [0.15, 0.2) is 74.5 Å². The average molecular weight is 483 g/mol.